The SMILES string of the molecule is C=CCNS(=O)(=O)c1ccc(NC(=O)c2c[nH]c3ccc(Cl)cc3c2=O)cc1. The highest BCUT2D eigenvalue weighted by Crippen LogP contribution is 2.17. The van der Waals surface area contributed by atoms with Crippen LogP contribution >= 0.6 is 11.6 Å². The molecule has 3 aromatic rings. The Balaban J connectivity index is 1.84. The molecule has 0 aliphatic heterocycles. The molecule has 0 aliphatic rings. The molecule has 9 heteroatoms. The van der Waals surface area contributed by atoms with Crippen LogP contribution in [0.1, 0.15) is 10.4 Å². The van der Waals surface area contributed by atoms with Crippen LogP contribution in [-0.4, -0.2) is 25.9 Å². The third-order valence-corrected chi connectivity index (χ3v) is 5.60. The molecule has 0 radical (unpaired) electrons. The van der Waals surface area contributed by atoms with Gasteiger partial charge in [-0.2, -0.15) is 0 Å². The molecule has 1 amide bonds. The summed E-state index contributed by atoms with van der Waals surface area (Å²) < 4.78 is 26.4. The predicted molar refractivity (Wildman–Crippen MR) is 109 cm³/mol. The number of anilines is 1. The summed E-state index contributed by atoms with van der Waals surface area (Å²) in [5.74, 6) is -0.622. The Morgan fingerprint density at radius 2 is 1.89 bits per heavy atom. The number of pyridine rings is 1. The minimum atomic E-state index is -3.66. The van der Waals surface area contributed by atoms with Crippen molar-refractivity contribution in [2.75, 3.05) is 11.9 Å². The molecule has 0 fully saturated rings. The largest absolute Gasteiger partial charge is 0.360 e. The molecule has 3 rings (SSSR count). The van der Waals surface area contributed by atoms with Crippen molar-refractivity contribution in [3.8, 4) is 0 Å². The van der Waals surface area contributed by atoms with E-state index in [9.17, 15) is 18.0 Å². The number of benzene rings is 2. The first-order valence-electron chi connectivity index (χ1n) is 8.15. The number of halogens is 1. The van der Waals surface area contributed by atoms with Gasteiger partial charge in [0.15, 0.2) is 0 Å². The summed E-state index contributed by atoms with van der Waals surface area (Å²) in [6.07, 6.45) is 2.76. The Kier molecular flexibility index (Phi) is 5.64. The number of hydrogen-bond donors (Lipinski definition) is 3. The molecule has 0 spiro atoms. The lowest BCUT2D eigenvalue weighted by Gasteiger charge is -2.08. The van der Waals surface area contributed by atoms with Gasteiger partial charge in [-0.1, -0.05) is 17.7 Å². The molecule has 28 heavy (non-hydrogen) atoms. The number of carbonyl (C=O) groups excluding carboxylic acids is 1. The van der Waals surface area contributed by atoms with Gasteiger partial charge >= 0.3 is 0 Å². The van der Waals surface area contributed by atoms with Crippen LogP contribution in [0, 0.1) is 0 Å². The summed E-state index contributed by atoms with van der Waals surface area (Å²) >= 11 is 5.92. The number of aromatic nitrogens is 1. The Labute approximate surface area is 166 Å². The highest BCUT2D eigenvalue weighted by atomic mass is 35.5. The summed E-state index contributed by atoms with van der Waals surface area (Å²) in [4.78, 5) is 28.0. The number of amides is 1. The van der Waals surface area contributed by atoms with Crippen molar-refractivity contribution in [1.82, 2.24) is 9.71 Å². The van der Waals surface area contributed by atoms with Crippen molar-refractivity contribution in [3.63, 3.8) is 0 Å². The first-order valence-corrected chi connectivity index (χ1v) is 10.0. The van der Waals surface area contributed by atoms with E-state index in [1.54, 1.807) is 12.1 Å². The molecule has 0 unspecified atom stereocenters. The zero-order chi connectivity index (χ0) is 20.3. The zero-order valence-corrected chi connectivity index (χ0v) is 16.1. The number of sulfonamides is 1. The Hall–Kier alpha value is -2.94. The number of rotatable bonds is 6. The summed E-state index contributed by atoms with van der Waals surface area (Å²) in [6, 6.07) is 10.4. The monoisotopic (exact) mass is 417 g/mol. The van der Waals surface area contributed by atoms with Gasteiger partial charge < -0.3 is 10.3 Å². The Morgan fingerprint density at radius 3 is 2.57 bits per heavy atom. The second-order valence-corrected chi connectivity index (χ2v) is 8.04. The van der Waals surface area contributed by atoms with Gasteiger partial charge in [-0.05, 0) is 42.5 Å². The number of nitrogens with one attached hydrogen (secondary N) is 3. The first-order chi connectivity index (χ1) is 13.3. The van der Waals surface area contributed by atoms with Crippen LogP contribution < -0.4 is 15.5 Å². The number of hydrogen-bond acceptors (Lipinski definition) is 4. The van der Waals surface area contributed by atoms with E-state index in [-0.39, 0.29) is 17.0 Å². The van der Waals surface area contributed by atoms with Gasteiger partial charge in [-0.15, -0.1) is 6.58 Å². The molecule has 2 aromatic carbocycles. The second-order valence-electron chi connectivity index (χ2n) is 5.84. The van der Waals surface area contributed by atoms with Crippen LogP contribution in [0.5, 0.6) is 0 Å². The van der Waals surface area contributed by atoms with Crippen LogP contribution in [-0.2, 0) is 10.0 Å². The molecule has 0 atom stereocenters. The van der Waals surface area contributed by atoms with Gasteiger partial charge in [0.25, 0.3) is 5.91 Å². The molecule has 3 N–H and O–H groups in total. The fourth-order valence-corrected chi connectivity index (χ4v) is 3.70. The molecule has 0 saturated carbocycles. The lowest BCUT2D eigenvalue weighted by atomic mass is 10.1. The third kappa shape index (κ3) is 4.14. The first kappa shape index (κ1) is 19.8. The highest BCUT2D eigenvalue weighted by Gasteiger charge is 2.15. The van der Waals surface area contributed by atoms with Gasteiger partial charge in [-0.3, -0.25) is 9.59 Å². The molecule has 0 bridgehead atoms. The lowest BCUT2D eigenvalue weighted by Crippen LogP contribution is -2.24. The highest BCUT2D eigenvalue weighted by molar-refractivity contribution is 7.89. The molecule has 1 heterocycles. The lowest BCUT2D eigenvalue weighted by molar-refractivity contribution is 0.102. The van der Waals surface area contributed by atoms with Crippen LogP contribution in [0.2, 0.25) is 5.02 Å². The smallest absolute Gasteiger partial charge is 0.261 e. The molecule has 7 nitrogen and oxygen atoms in total. The molecular formula is C19H16ClN3O4S. The van der Waals surface area contributed by atoms with E-state index in [2.05, 4.69) is 21.6 Å². The standard InChI is InChI=1S/C19H16ClN3O4S/c1-2-9-22-28(26,27)14-6-4-13(5-7-14)23-19(25)16-11-21-17-8-3-12(20)10-15(17)18(16)24/h2-8,10-11,22H,1,9H2,(H,21,24)(H,23,25). The van der Waals surface area contributed by atoms with E-state index >= 15 is 0 Å². The molecular weight excluding hydrogens is 402 g/mol. The van der Waals surface area contributed by atoms with Gasteiger partial charge in [-0.25, -0.2) is 13.1 Å². The van der Waals surface area contributed by atoms with Crippen molar-refractivity contribution in [2.45, 2.75) is 4.90 Å². The van der Waals surface area contributed by atoms with E-state index in [0.717, 1.165) is 0 Å². The van der Waals surface area contributed by atoms with E-state index in [0.29, 0.717) is 21.6 Å². The number of fused-ring (bicyclic) bond motifs is 1. The van der Waals surface area contributed by atoms with Gasteiger partial charge in [0, 0.05) is 34.4 Å². The minimum absolute atomic E-state index is 0.0468. The minimum Gasteiger partial charge on any atom is -0.360 e. The average molecular weight is 418 g/mol. The maximum Gasteiger partial charge on any atom is 0.261 e. The van der Waals surface area contributed by atoms with Crippen LogP contribution in [0.25, 0.3) is 10.9 Å². The zero-order valence-electron chi connectivity index (χ0n) is 14.5. The van der Waals surface area contributed by atoms with Crippen molar-refractivity contribution < 1.29 is 13.2 Å². The maximum absolute atomic E-state index is 12.6. The van der Waals surface area contributed by atoms with Crippen LogP contribution in [0.3, 0.4) is 0 Å². The molecule has 144 valence electrons. The van der Waals surface area contributed by atoms with E-state index in [4.69, 9.17) is 11.6 Å². The number of aromatic amines is 1. The number of H-pyrrole nitrogens is 1. The fraction of sp³-hybridized carbons (Fsp3) is 0.0526. The Morgan fingerprint density at radius 1 is 1.18 bits per heavy atom. The van der Waals surface area contributed by atoms with Crippen LogP contribution in [0.15, 0.2) is 71.0 Å². The topological polar surface area (TPSA) is 108 Å². The third-order valence-electron chi connectivity index (χ3n) is 3.93. The van der Waals surface area contributed by atoms with E-state index in [1.807, 2.05) is 0 Å². The quantitative estimate of drug-likeness (QED) is 0.536. The molecule has 0 saturated heterocycles. The van der Waals surface area contributed by atoms with Gasteiger partial charge in [0.1, 0.15) is 5.56 Å². The number of carbonyl (C=O) groups is 1. The fourth-order valence-electron chi connectivity index (χ4n) is 2.53. The van der Waals surface area contributed by atoms with Crippen molar-refractivity contribution in [3.05, 3.63) is 82.1 Å². The summed E-state index contributed by atoms with van der Waals surface area (Å²) in [5, 5.41) is 3.26. The maximum atomic E-state index is 12.6. The summed E-state index contributed by atoms with van der Waals surface area (Å²) in [6.45, 7) is 3.56. The molecule has 0 aliphatic carbocycles. The second kappa shape index (κ2) is 7.97. The van der Waals surface area contributed by atoms with Gasteiger partial charge in [0.05, 0.1) is 4.90 Å². The predicted octanol–water partition coefficient (Wildman–Crippen LogP) is 2.90. The summed E-state index contributed by atoms with van der Waals surface area (Å²) in [5.41, 5.74) is 0.367. The average Bonchev–Trinajstić information content (AvgIpc) is 2.67. The van der Waals surface area contributed by atoms with E-state index < -0.39 is 21.4 Å². The van der Waals surface area contributed by atoms with Gasteiger partial charge in [0.2, 0.25) is 15.5 Å². The van der Waals surface area contributed by atoms with Crippen LogP contribution in [0.4, 0.5) is 5.69 Å². The van der Waals surface area contributed by atoms with Crippen molar-refractivity contribution >= 4 is 44.1 Å². The normalized spacial score (nSPS) is 11.3. The van der Waals surface area contributed by atoms with Crippen molar-refractivity contribution in [1.29, 1.82) is 0 Å². The summed E-state index contributed by atoms with van der Waals surface area (Å²) in [7, 11) is -3.66. The Bertz CT molecular complexity index is 1220. The molecule has 1 aromatic heterocycles. The van der Waals surface area contributed by atoms with E-state index in [1.165, 1.54) is 42.6 Å². The van der Waals surface area contributed by atoms with Crippen molar-refractivity contribution in [2.24, 2.45) is 0 Å².